The third kappa shape index (κ3) is 14.9. The van der Waals surface area contributed by atoms with Gasteiger partial charge in [-0.25, -0.2) is 38.4 Å². The topological polar surface area (TPSA) is 266 Å². The van der Waals surface area contributed by atoms with Gasteiger partial charge in [0.15, 0.2) is 23.0 Å². The second-order valence-electron chi connectivity index (χ2n) is 14.2. The van der Waals surface area contributed by atoms with Crippen LogP contribution < -0.4 is 37.9 Å². The highest BCUT2D eigenvalue weighted by Crippen LogP contribution is 2.48. The summed E-state index contributed by atoms with van der Waals surface area (Å²) in [5, 5.41) is 0. The van der Waals surface area contributed by atoms with Gasteiger partial charge >= 0.3 is 47.8 Å². The van der Waals surface area contributed by atoms with E-state index in [0.29, 0.717) is 0 Å². The first-order valence-electron chi connectivity index (χ1n) is 21.2. The fourth-order valence-corrected chi connectivity index (χ4v) is 6.27. The molecule has 0 atom stereocenters. The van der Waals surface area contributed by atoms with Gasteiger partial charge in [-0.15, -0.1) is 0 Å². The fraction of sp³-hybridized carbons (Fsp3) is 0.154. The first-order chi connectivity index (χ1) is 35.6. The molecule has 0 N–H and O–H groups in total. The van der Waals surface area contributed by atoms with Crippen LogP contribution in [0.25, 0.3) is 11.1 Å². The molecule has 4 aromatic carbocycles. The summed E-state index contributed by atoms with van der Waals surface area (Å²) in [7, 11) is 0. The van der Waals surface area contributed by atoms with Crippen molar-refractivity contribution < 1.29 is 105 Å². The fourth-order valence-electron chi connectivity index (χ4n) is 6.27. The Bertz CT molecular complexity index is 2610. The molecule has 5 rings (SSSR count). The van der Waals surface area contributed by atoms with Crippen LogP contribution in [-0.4, -0.2) is 88.5 Å². The lowest BCUT2D eigenvalue weighted by Gasteiger charge is -2.18. The predicted octanol–water partition coefficient (Wildman–Crippen LogP) is 6.65. The van der Waals surface area contributed by atoms with Gasteiger partial charge in [0, 0.05) is 42.4 Å². The van der Waals surface area contributed by atoms with Crippen LogP contribution in [0.5, 0.6) is 46.0 Å². The lowest BCUT2D eigenvalue weighted by Crippen LogP contribution is -2.15. The van der Waals surface area contributed by atoms with Crippen LogP contribution in [0.1, 0.15) is 44.7 Å². The standard InChI is InChI=1S/C52H44O22/c1-8-43(53)65-24-61-39-18-31(19-40(62-25-66-44(54)9-2)49(39)71-28-69-47(57)12-5)51(59)73-33-14-16-35-36-17-15-34(23-38(36)30(7)37(35)22-33)74-52(60)32-20-41(63-26-67-45(55)10-3)50(72-29-70-48(58)13-6)42(21-32)64-27-68-46(56)11-4/h8-23,30H,1-6,24-29H2,7H3. The van der Waals surface area contributed by atoms with Crippen molar-refractivity contribution in [3.63, 3.8) is 0 Å². The van der Waals surface area contributed by atoms with E-state index < -0.39 is 88.5 Å². The molecule has 0 radical (unpaired) electrons. The van der Waals surface area contributed by atoms with Crippen molar-refractivity contribution in [2.45, 2.75) is 12.8 Å². The Balaban J connectivity index is 1.40. The molecule has 0 fully saturated rings. The van der Waals surface area contributed by atoms with E-state index in [1.807, 2.05) is 6.92 Å². The zero-order valence-electron chi connectivity index (χ0n) is 39.3. The van der Waals surface area contributed by atoms with Crippen molar-refractivity contribution in [2.24, 2.45) is 0 Å². The molecule has 0 aromatic heterocycles. The van der Waals surface area contributed by atoms with Crippen molar-refractivity contribution in [1.29, 1.82) is 0 Å². The molecule has 0 bridgehead atoms. The number of ether oxygens (including phenoxy) is 14. The van der Waals surface area contributed by atoms with Crippen LogP contribution in [-0.2, 0) is 57.2 Å². The first-order valence-corrected chi connectivity index (χ1v) is 21.2. The van der Waals surface area contributed by atoms with Gasteiger partial charge in [-0.05, 0) is 70.8 Å². The number of carbonyl (C=O) groups is 8. The van der Waals surface area contributed by atoms with E-state index in [9.17, 15) is 38.4 Å². The molecule has 1 aliphatic carbocycles. The van der Waals surface area contributed by atoms with E-state index in [2.05, 4.69) is 39.5 Å². The van der Waals surface area contributed by atoms with Gasteiger partial charge < -0.3 is 66.3 Å². The minimum Gasteiger partial charge on any atom is -0.453 e. The smallest absolute Gasteiger partial charge is 0.343 e. The molecule has 384 valence electrons. The van der Waals surface area contributed by atoms with Crippen LogP contribution in [0.3, 0.4) is 0 Å². The third-order valence-electron chi connectivity index (χ3n) is 9.67. The number of benzene rings is 4. The molecular formula is C52H44O22. The maximum atomic E-state index is 13.8. The Morgan fingerprint density at radius 2 is 0.649 bits per heavy atom. The number of hydrogen-bond donors (Lipinski definition) is 0. The first kappa shape index (κ1) is 54.8. The van der Waals surface area contributed by atoms with E-state index in [4.69, 9.17) is 66.3 Å². The SMILES string of the molecule is C=CC(=O)OCOc1cc(C(=O)Oc2ccc3c(c2)C(C)c2cc(OC(=O)c4cc(OCOC(=O)C=C)c(OCOC(=O)C=C)c(OCOC(=O)C=C)c4)ccc2-3)cc(OCOC(=O)C=C)c1OCOC(=O)C=C. The molecule has 0 heterocycles. The number of hydrogen-bond acceptors (Lipinski definition) is 22. The Morgan fingerprint density at radius 1 is 0.392 bits per heavy atom. The summed E-state index contributed by atoms with van der Waals surface area (Å²) in [6, 6.07) is 14.5. The average molecular weight is 1020 g/mol. The molecule has 4 aromatic rings. The highest BCUT2D eigenvalue weighted by molar-refractivity contribution is 5.94. The Hall–Kier alpha value is -10.1. The quantitative estimate of drug-likeness (QED) is 0.0189. The lowest BCUT2D eigenvalue weighted by atomic mass is 9.99. The minimum atomic E-state index is -0.943. The Labute approximate surface area is 421 Å². The molecule has 0 amide bonds. The van der Waals surface area contributed by atoms with Gasteiger partial charge in [0.05, 0.1) is 11.1 Å². The molecule has 22 heteroatoms. The van der Waals surface area contributed by atoms with E-state index in [0.717, 1.165) is 58.7 Å². The molecular weight excluding hydrogens is 977 g/mol. The molecule has 0 aliphatic heterocycles. The summed E-state index contributed by atoms with van der Waals surface area (Å²) in [6.45, 7) is 17.5. The van der Waals surface area contributed by atoms with Gasteiger partial charge in [0.2, 0.25) is 52.3 Å². The number of esters is 8. The van der Waals surface area contributed by atoms with Crippen molar-refractivity contribution in [3.8, 4) is 57.1 Å². The summed E-state index contributed by atoms with van der Waals surface area (Å²) >= 11 is 0. The van der Waals surface area contributed by atoms with Crippen molar-refractivity contribution >= 4 is 47.8 Å². The molecule has 0 saturated heterocycles. The van der Waals surface area contributed by atoms with Crippen LogP contribution in [0.15, 0.2) is 137 Å². The van der Waals surface area contributed by atoms with Gasteiger partial charge in [-0.3, -0.25) is 0 Å². The zero-order valence-corrected chi connectivity index (χ0v) is 39.3. The van der Waals surface area contributed by atoms with E-state index in [1.165, 1.54) is 24.3 Å². The van der Waals surface area contributed by atoms with Crippen LogP contribution in [0.2, 0.25) is 0 Å². The monoisotopic (exact) mass is 1020 g/mol. The van der Waals surface area contributed by atoms with Gasteiger partial charge in [0.25, 0.3) is 0 Å². The lowest BCUT2D eigenvalue weighted by molar-refractivity contribution is -0.146. The Kier molecular flexibility index (Phi) is 19.8. The Morgan fingerprint density at radius 3 is 0.905 bits per heavy atom. The van der Waals surface area contributed by atoms with Crippen LogP contribution in [0.4, 0.5) is 0 Å². The normalized spacial score (nSPS) is 10.7. The average Bonchev–Trinajstić information content (AvgIpc) is 3.67. The minimum absolute atomic E-state index is 0.0994. The van der Waals surface area contributed by atoms with Gasteiger partial charge in [-0.2, -0.15) is 0 Å². The third-order valence-corrected chi connectivity index (χ3v) is 9.67. The van der Waals surface area contributed by atoms with Crippen molar-refractivity contribution in [1.82, 2.24) is 0 Å². The van der Waals surface area contributed by atoms with E-state index >= 15 is 0 Å². The summed E-state index contributed by atoms with van der Waals surface area (Å²) in [6.07, 6.45) is 5.31. The van der Waals surface area contributed by atoms with Gasteiger partial charge in [0.1, 0.15) is 11.5 Å². The molecule has 0 spiro atoms. The molecule has 22 nitrogen and oxygen atoms in total. The molecule has 0 saturated carbocycles. The number of carbonyl (C=O) groups excluding carboxylic acids is 8. The highest BCUT2D eigenvalue weighted by Gasteiger charge is 2.29. The summed E-state index contributed by atoms with van der Waals surface area (Å²) in [4.78, 5) is 98.2. The maximum Gasteiger partial charge on any atom is 0.343 e. The second-order valence-corrected chi connectivity index (χ2v) is 14.2. The van der Waals surface area contributed by atoms with E-state index in [-0.39, 0.29) is 63.0 Å². The van der Waals surface area contributed by atoms with Crippen molar-refractivity contribution in [3.05, 3.63) is 159 Å². The van der Waals surface area contributed by atoms with Crippen LogP contribution in [0, 0.1) is 0 Å². The number of fused-ring (bicyclic) bond motifs is 3. The van der Waals surface area contributed by atoms with Gasteiger partial charge in [-0.1, -0.05) is 58.5 Å². The number of rotatable bonds is 28. The summed E-state index contributed by atoms with van der Waals surface area (Å²) in [5.41, 5.74) is 2.59. The maximum absolute atomic E-state index is 13.8. The predicted molar refractivity (Wildman–Crippen MR) is 253 cm³/mol. The summed E-state index contributed by atoms with van der Waals surface area (Å²) in [5.74, 6) is -8.70. The van der Waals surface area contributed by atoms with Crippen LogP contribution >= 0.6 is 0 Å². The molecule has 1 aliphatic rings. The largest absolute Gasteiger partial charge is 0.453 e. The summed E-state index contributed by atoms with van der Waals surface area (Å²) < 4.78 is 74.6. The molecule has 0 unspecified atom stereocenters. The highest BCUT2D eigenvalue weighted by atomic mass is 16.7. The van der Waals surface area contributed by atoms with Crippen molar-refractivity contribution in [2.75, 3.05) is 40.8 Å². The molecule has 74 heavy (non-hydrogen) atoms. The second kappa shape index (κ2) is 26.7. The van der Waals surface area contributed by atoms with E-state index in [1.54, 1.807) is 36.4 Å². The zero-order chi connectivity index (χ0) is 53.7.